The fraction of sp³-hybridized carbons (Fsp3) is 0.333. The largest absolute Gasteiger partial charge is 0.497 e. The van der Waals surface area contributed by atoms with E-state index in [1.165, 1.54) is 6.26 Å². The molecule has 3 N–H and O–H groups in total. The predicted molar refractivity (Wildman–Crippen MR) is 105 cm³/mol. The molecule has 2 atom stereocenters. The number of rotatable bonds is 8. The van der Waals surface area contributed by atoms with Crippen LogP contribution in [0.1, 0.15) is 24.3 Å². The van der Waals surface area contributed by atoms with E-state index in [-0.39, 0.29) is 12.6 Å². The van der Waals surface area contributed by atoms with Gasteiger partial charge in [-0.05, 0) is 43.3 Å². The van der Waals surface area contributed by atoms with Crippen molar-refractivity contribution in [2.75, 3.05) is 27.3 Å². The molecule has 2 aromatic rings. The predicted octanol–water partition coefficient (Wildman–Crippen LogP) is 1.17. The molecule has 29 heavy (non-hydrogen) atoms. The minimum atomic E-state index is -0.693. The summed E-state index contributed by atoms with van der Waals surface area (Å²) in [4.78, 5) is 26.0. The molecule has 2 heterocycles. The first-order valence-corrected chi connectivity index (χ1v) is 9.47. The van der Waals surface area contributed by atoms with E-state index in [1.807, 2.05) is 31.3 Å². The van der Waals surface area contributed by atoms with E-state index < -0.39 is 12.0 Å². The first-order chi connectivity index (χ1) is 14.0. The number of furan rings is 1. The number of quaternary nitrogens is 1. The first kappa shape index (κ1) is 20.5. The SMILES string of the molecule is CCOC(=O)C1=C(C[NH+](C)Cc2ccc(OC)cc2)NC(=O)N[C@@H]1c1ccco1. The first-order valence-electron chi connectivity index (χ1n) is 9.47. The highest BCUT2D eigenvalue weighted by molar-refractivity contribution is 5.95. The van der Waals surface area contributed by atoms with Crippen molar-refractivity contribution in [3.8, 4) is 5.75 Å². The summed E-state index contributed by atoms with van der Waals surface area (Å²) in [5.74, 6) is 0.799. The van der Waals surface area contributed by atoms with Crippen LogP contribution in [-0.4, -0.2) is 39.3 Å². The fourth-order valence-electron chi connectivity index (χ4n) is 3.33. The molecule has 0 spiro atoms. The molecule has 3 rings (SSSR count). The Hall–Kier alpha value is -3.26. The smallest absolute Gasteiger partial charge is 0.338 e. The average Bonchev–Trinajstić information content (AvgIpc) is 3.23. The van der Waals surface area contributed by atoms with Crippen molar-refractivity contribution in [3.63, 3.8) is 0 Å². The van der Waals surface area contributed by atoms with Crippen molar-refractivity contribution < 1.29 is 28.4 Å². The lowest BCUT2D eigenvalue weighted by atomic mass is 10.00. The lowest BCUT2D eigenvalue weighted by Gasteiger charge is -2.28. The topological polar surface area (TPSA) is 94.2 Å². The van der Waals surface area contributed by atoms with Crippen molar-refractivity contribution in [1.82, 2.24) is 10.6 Å². The molecule has 0 saturated carbocycles. The quantitative estimate of drug-likeness (QED) is 0.579. The van der Waals surface area contributed by atoms with Gasteiger partial charge in [-0.25, -0.2) is 9.59 Å². The third-order valence-corrected chi connectivity index (χ3v) is 4.62. The molecule has 2 amide bonds. The molecule has 0 radical (unpaired) electrons. The molecule has 8 nitrogen and oxygen atoms in total. The summed E-state index contributed by atoms with van der Waals surface area (Å²) in [6.07, 6.45) is 1.51. The molecule has 0 bridgehead atoms. The third kappa shape index (κ3) is 4.97. The van der Waals surface area contributed by atoms with Gasteiger partial charge in [-0.3, -0.25) is 0 Å². The Morgan fingerprint density at radius 2 is 1.97 bits per heavy atom. The average molecular weight is 400 g/mol. The number of hydrogen-bond donors (Lipinski definition) is 3. The molecule has 0 fully saturated rings. The molecule has 1 aromatic carbocycles. The Morgan fingerprint density at radius 3 is 2.59 bits per heavy atom. The number of carbonyl (C=O) groups is 2. The normalized spacial score (nSPS) is 17.3. The standard InChI is InChI=1S/C21H25N3O5/c1-4-28-20(25)18-16(22-21(26)23-19(18)17-6-5-11-29-17)13-24(2)12-14-7-9-15(27-3)10-8-14/h5-11,19H,4,12-13H2,1-3H3,(H2,22,23,26)/p+1/t19-/m1/s1. The molecule has 1 aliphatic rings. The molecular formula is C21H26N3O5+. The van der Waals surface area contributed by atoms with Gasteiger partial charge in [0.15, 0.2) is 0 Å². The Balaban J connectivity index is 1.85. The molecular weight excluding hydrogens is 374 g/mol. The summed E-state index contributed by atoms with van der Waals surface area (Å²) in [6, 6.07) is 10.2. The van der Waals surface area contributed by atoms with Crippen LogP contribution in [0, 0.1) is 0 Å². The maximum absolute atomic E-state index is 12.7. The van der Waals surface area contributed by atoms with Crippen LogP contribution in [0.5, 0.6) is 5.75 Å². The van der Waals surface area contributed by atoms with Crippen LogP contribution in [0.15, 0.2) is 58.3 Å². The Labute approximate surface area is 169 Å². The Morgan fingerprint density at radius 1 is 1.21 bits per heavy atom. The highest BCUT2D eigenvalue weighted by atomic mass is 16.5. The molecule has 0 saturated heterocycles. The lowest BCUT2D eigenvalue weighted by Crippen LogP contribution is -3.08. The van der Waals surface area contributed by atoms with Crippen LogP contribution in [-0.2, 0) is 16.1 Å². The maximum Gasteiger partial charge on any atom is 0.338 e. The number of hydrogen-bond acceptors (Lipinski definition) is 5. The zero-order valence-corrected chi connectivity index (χ0v) is 16.8. The number of esters is 1. The van der Waals surface area contributed by atoms with E-state index in [2.05, 4.69) is 10.6 Å². The van der Waals surface area contributed by atoms with Gasteiger partial charge in [-0.15, -0.1) is 0 Å². The third-order valence-electron chi connectivity index (χ3n) is 4.62. The lowest BCUT2D eigenvalue weighted by molar-refractivity contribution is -0.889. The van der Waals surface area contributed by atoms with Crippen molar-refractivity contribution in [1.29, 1.82) is 0 Å². The van der Waals surface area contributed by atoms with Gasteiger partial charge in [0.25, 0.3) is 0 Å². The number of carbonyl (C=O) groups excluding carboxylic acids is 2. The van der Waals surface area contributed by atoms with Gasteiger partial charge in [0.2, 0.25) is 0 Å². The number of urea groups is 1. The van der Waals surface area contributed by atoms with Crippen molar-refractivity contribution in [3.05, 3.63) is 65.3 Å². The van der Waals surface area contributed by atoms with E-state index in [4.69, 9.17) is 13.9 Å². The molecule has 1 aliphatic heterocycles. The summed E-state index contributed by atoms with van der Waals surface area (Å²) in [5, 5.41) is 5.53. The highest BCUT2D eigenvalue weighted by Gasteiger charge is 2.36. The van der Waals surface area contributed by atoms with Crippen molar-refractivity contribution >= 4 is 12.0 Å². The zero-order valence-electron chi connectivity index (χ0n) is 16.8. The van der Waals surface area contributed by atoms with Gasteiger partial charge in [0.1, 0.15) is 30.6 Å². The van der Waals surface area contributed by atoms with E-state index in [0.717, 1.165) is 16.2 Å². The number of likely N-dealkylation sites (N-methyl/N-ethyl adjacent to an activating group) is 1. The summed E-state index contributed by atoms with van der Waals surface area (Å²) in [5.41, 5.74) is 2.00. The molecule has 8 heteroatoms. The van der Waals surface area contributed by atoms with Crippen molar-refractivity contribution in [2.24, 2.45) is 0 Å². The number of nitrogens with one attached hydrogen (secondary N) is 3. The molecule has 1 aromatic heterocycles. The monoisotopic (exact) mass is 400 g/mol. The zero-order chi connectivity index (χ0) is 20.8. The van der Waals surface area contributed by atoms with Gasteiger partial charge in [0, 0.05) is 5.56 Å². The van der Waals surface area contributed by atoms with Gasteiger partial charge in [-0.2, -0.15) is 0 Å². The summed E-state index contributed by atoms with van der Waals surface area (Å²) >= 11 is 0. The second-order valence-corrected chi connectivity index (χ2v) is 6.82. The van der Waals surface area contributed by atoms with Crippen LogP contribution in [0.25, 0.3) is 0 Å². The number of amides is 2. The van der Waals surface area contributed by atoms with Gasteiger partial charge in [0.05, 0.1) is 38.3 Å². The van der Waals surface area contributed by atoms with Crippen molar-refractivity contribution in [2.45, 2.75) is 19.5 Å². The minimum Gasteiger partial charge on any atom is -0.497 e. The van der Waals surface area contributed by atoms with Gasteiger partial charge < -0.3 is 29.4 Å². The summed E-state index contributed by atoms with van der Waals surface area (Å²) in [6.45, 7) is 3.13. The molecule has 154 valence electrons. The van der Waals surface area contributed by atoms with Crippen LogP contribution in [0.2, 0.25) is 0 Å². The second kappa shape index (κ2) is 9.29. The van der Waals surface area contributed by atoms with Crippen LogP contribution in [0.3, 0.4) is 0 Å². The fourth-order valence-corrected chi connectivity index (χ4v) is 3.33. The summed E-state index contributed by atoms with van der Waals surface area (Å²) < 4.78 is 15.9. The molecule has 0 aliphatic carbocycles. The van der Waals surface area contributed by atoms with Crippen LogP contribution in [0.4, 0.5) is 4.79 Å². The highest BCUT2D eigenvalue weighted by Crippen LogP contribution is 2.27. The van der Waals surface area contributed by atoms with Gasteiger partial charge in [-0.1, -0.05) is 0 Å². The summed E-state index contributed by atoms with van der Waals surface area (Å²) in [7, 11) is 3.63. The molecule has 1 unspecified atom stereocenters. The number of benzene rings is 1. The second-order valence-electron chi connectivity index (χ2n) is 6.82. The Bertz CT molecular complexity index is 874. The minimum absolute atomic E-state index is 0.239. The maximum atomic E-state index is 12.7. The van der Waals surface area contributed by atoms with E-state index in [0.29, 0.717) is 30.1 Å². The van der Waals surface area contributed by atoms with E-state index in [1.54, 1.807) is 26.2 Å². The Kier molecular flexibility index (Phi) is 6.56. The number of ether oxygens (including phenoxy) is 2. The van der Waals surface area contributed by atoms with Gasteiger partial charge >= 0.3 is 12.0 Å². The van der Waals surface area contributed by atoms with E-state index in [9.17, 15) is 9.59 Å². The number of methoxy groups -OCH3 is 1. The van der Waals surface area contributed by atoms with Crippen LogP contribution >= 0.6 is 0 Å². The van der Waals surface area contributed by atoms with Crippen LogP contribution < -0.4 is 20.3 Å². The van der Waals surface area contributed by atoms with E-state index >= 15 is 0 Å².